The zero-order valence-electron chi connectivity index (χ0n) is 9.70. The number of rotatable bonds is 1. The summed E-state index contributed by atoms with van der Waals surface area (Å²) in [4.78, 5) is 19.6. The average molecular weight is 252 g/mol. The molecule has 0 fully saturated rings. The Morgan fingerprint density at radius 2 is 2.21 bits per heavy atom. The summed E-state index contributed by atoms with van der Waals surface area (Å²) in [6.45, 7) is 0. The Bertz CT molecular complexity index is 845. The Labute approximate surface area is 107 Å². The molecule has 0 aliphatic carbocycles. The third kappa shape index (κ3) is 1.69. The van der Waals surface area contributed by atoms with Crippen LogP contribution in [0.2, 0.25) is 0 Å². The topological polar surface area (TPSA) is 93.4 Å². The standard InChI is InChI=1S/C13H8N4O2/c14-6-8-1-3-11-9(5-8)2-4-12-16-10(7-17(11)12)13(18)19-15/h1-5,7H,15H2. The SMILES string of the molecule is N#Cc1ccc2c(ccc3nc(C(=O)ON)cn32)c1. The fraction of sp³-hybridized carbons (Fsp3) is 0. The predicted molar refractivity (Wildman–Crippen MR) is 67.0 cm³/mol. The fourth-order valence-corrected chi connectivity index (χ4v) is 2.01. The van der Waals surface area contributed by atoms with Crippen LogP contribution in [0, 0.1) is 11.3 Å². The molecule has 0 aliphatic heterocycles. The Morgan fingerprint density at radius 1 is 1.37 bits per heavy atom. The van der Waals surface area contributed by atoms with E-state index in [0.29, 0.717) is 11.2 Å². The van der Waals surface area contributed by atoms with Crippen molar-refractivity contribution in [2.24, 2.45) is 5.90 Å². The van der Waals surface area contributed by atoms with Gasteiger partial charge in [-0.05, 0) is 35.7 Å². The second kappa shape index (κ2) is 4.08. The maximum Gasteiger partial charge on any atom is 0.377 e. The van der Waals surface area contributed by atoms with E-state index in [-0.39, 0.29) is 5.69 Å². The van der Waals surface area contributed by atoms with Crippen LogP contribution in [-0.4, -0.2) is 15.4 Å². The molecule has 0 atom stereocenters. The third-order valence-corrected chi connectivity index (χ3v) is 2.88. The van der Waals surface area contributed by atoms with Crippen molar-refractivity contribution in [2.75, 3.05) is 0 Å². The quantitative estimate of drug-likeness (QED) is 0.660. The molecule has 0 amide bonds. The van der Waals surface area contributed by atoms with Gasteiger partial charge >= 0.3 is 5.97 Å². The molecule has 2 heterocycles. The molecule has 0 radical (unpaired) electrons. The highest BCUT2D eigenvalue weighted by molar-refractivity contribution is 5.90. The number of fused-ring (bicyclic) bond motifs is 3. The van der Waals surface area contributed by atoms with Gasteiger partial charge in [-0.15, -0.1) is 0 Å². The van der Waals surface area contributed by atoms with Gasteiger partial charge in [-0.1, -0.05) is 0 Å². The Balaban J connectivity index is 2.31. The first kappa shape index (κ1) is 11.2. The first-order chi connectivity index (χ1) is 9.22. The van der Waals surface area contributed by atoms with Gasteiger partial charge in [0, 0.05) is 6.20 Å². The molecule has 0 unspecified atom stereocenters. The number of nitriles is 1. The minimum atomic E-state index is -0.689. The minimum absolute atomic E-state index is 0.138. The Kier molecular flexibility index (Phi) is 2.41. The number of hydrogen-bond donors (Lipinski definition) is 1. The van der Waals surface area contributed by atoms with Crippen LogP contribution in [0.1, 0.15) is 16.1 Å². The number of imidazole rings is 1. The van der Waals surface area contributed by atoms with Crippen LogP contribution in [0.3, 0.4) is 0 Å². The van der Waals surface area contributed by atoms with E-state index in [1.165, 1.54) is 0 Å². The maximum absolute atomic E-state index is 11.4. The molecule has 3 aromatic rings. The molecule has 2 N–H and O–H groups in total. The lowest BCUT2D eigenvalue weighted by Crippen LogP contribution is -2.10. The van der Waals surface area contributed by atoms with Gasteiger partial charge in [0.05, 0.1) is 17.1 Å². The number of nitrogens with zero attached hydrogens (tertiary/aromatic N) is 3. The van der Waals surface area contributed by atoms with Crippen LogP contribution in [0.5, 0.6) is 0 Å². The largest absolute Gasteiger partial charge is 0.377 e. The Morgan fingerprint density at radius 3 is 2.95 bits per heavy atom. The predicted octanol–water partition coefficient (Wildman–Crippen LogP) is 1.39. The first-order valence-electron chi connectivity index (χ1n) is 5.46. The molecule has 19 heavy (non-hydrogen) atoms. The second-order valence-electron chi connectivity index (χ2n) is 3.98. The van der Waals surface area contributed by atoms with Crippen LogP contribution in [-0.2, 0) is 4.84 Å². The van der Waals surface area contributed by atoms with E-state index >= 15 is 0 Å². The summed E-state index contributed by atoms with van der Waals surface area (Å²) in [7, 11) is 0. The van der Waals surface area contributed by atoms with Crippen molar-refractivity contribution in [2.45, 2.75) is 0 Å². The molecule has 0 bridgehead atoms. The Hall–Kier alpha value is -2.91. The lowest BCUT2D eigenvalue weighted by Gasteiger charge is -2.01. The van der Waals surface area contributed by atoms with E-state index in [0.717, 1.165) is 10.9 Å². The van der Waals surface area contributed by atoms with Crippen molar-refractivity contribution in [3.8, 4) is 6.07 Å². The number of pyridine rings is 1. The van der Waals surface area contributed by atoms with Crippen LogP contribution in [0.4, 0.5) is 0 Å². The highest BCUT2D eigenvalue weighted by Gasteiger charge is 2.12. The normalized spacial score (nSPS) is 10.5. The van der Waals surface area contributed by atoms with Gasteiger partial charge < -0.3 is 4.84 Å². The van der Waals surface area contributed by atoms with Gasteiger partial charge in [0.1, 0.15) is 5.65 Å². The van der Waals surface area contributed by atoms with Gasteiger partial charge in [-0.2, -0.15) is 11.2 Å². The highest BCUT2D eigenvalue weighted by atomic mass is 16.7. The molecule has 6 nitrogen and oxygen atoms in total. The molecule has 1 aromatic carbocycles. The number of hydrogen-bond acceptors (Lipinski definition) is 5. The summed E-state index contributed by atoms with van der Waals surface area (Å²) in [6.07, 6.45) is 1.55. The molecule has 3 rings (SSSR count). The molecule has 6 heteroatoms. The van der Waals surface area contributed by atoms with E-state index in [1.54, 1.807) is 34.9 Å². The summed E-state index contributed by atoms with van der Waals surface area (Å²) in [5.41, 5.74) is 2.17. The van der Waals surface area contributed by atoms with Crippen molar-refractivity contribution in [3.05, 3.63) is 47.8 Å². The number of carbonyl (C=O) groups is 1. The van der Waals surface area contributed by atoms with Crippen molar-refractivity contribution in [1.82, 2.24) is 9.38 Å². The minimum Gasteiger partial charge on any atom is -0.368 e. The molecular weight excluding hydrogens is 244 g/mol. The molecular formula is C13H8N4O2. The highest BCUT2D eigenvalue weighted by Crippen LogP contribution is 2.19. The van der Waals surface area contributed by atoms with E-state index in [2.05, 4.69) is 15.9 Å². The maximum atomic E-state index is 11.4. The smallest absolute Gasteiger partial charge is 0.368 e. The summed E-state index contributed by atoms with van der Waals surface area (Å²) in [5.74, 6) is 4.15. The van der Waals surface area contributed by atoms with E-state index in [4.69, 9.17) is 11.2 Å². The number of benzene rings is 1. The molecule has 2 aromatic heterocycles. The summed E-state index contributed by atoms with van der Waals surface area (Å²) < 4.78 is 1.75. The number of nitrogens with two attached hydrogens (primary N) is 1. The third-order valence-electron chi connectivity index (χ3n) is 2.88. The van der Waals surface area contributed by atoms with Crippen molar-refractivity contribution in [3.63, 3.8) is 0 Å². The molecule has 0 saturated carbocycles. The van der Waals surface area contributed by atoms with E-state index < -0.39 is 5.97 Å². The van der Waals surface area contributed by atoms with Gasteiger partial charge in [-0.3, -0.25) is 4.40 Å². The lowest BCUT2D eigenvalue weighted by atomic mass is 10.1. The van der Waals surface area contributed by atoms with Gasteiger partial charge in [0.15, 0.2) is 5.69 Å². The summed E-state index contributed by atoms with van der Waals surface area (Å²) in [6, 6.07) is 11.0. The van der Waals surface area contributed by atoms with Crippen LogP contribution in [0.15, 0.2) is 36.5 Å². The molecule has 0 aliphatic rings. The zero-order valence-corrected chi connectivity index (χ0v) is 9.70. The van der Waals surface area contributed by atoms with Crippen LogP contribution in [0.25, 0.3) is 16.6 Å². The summed E-state index contributed by atoms with van der Waals surface area (Å²) in [5, 5.41) is 9.76. The zero-order chi connectivity index (χ0) is 13.4. The van der Waals surface area contributed by atoms with Crippen molar-refractivity contribution in [1.29, 1.82) is 5.26 Å². The monoisotopic (exact) mass is 252 g/mol. The van der Waals surface area contributed by atoms with Gasteiger partial charge in [0.25, 0.3) is 0 Å². The van der Waals surface area contributed by atoms with E-state index in [9.17, 15) is 4.79 Å². The lowest BCUT2D eigenvalue weighted by molar-refractivity contribution is 0.0497. The second-order valence-corrected chi connectivity index (χ2v) is 3.98. The van der Waals surface area contributed by atoms with Crippen molar-refractivity contribution >= 4 is 22.5 Å². The first-order valence-corrected chi connectivity index (χ1v) is 5.46. The van der Waals surface area contributed by atoms with Gasteiger partial charge in [0.2, 0.25) is 0 Å². The molecule has 92 valence electrons. The molecule has 0 spiro atoms. The van der Waals surface area contributed by atoms with E-state index in [1.807, 2.05) is 6.07 Å². The van der Waals surface area contributed by atoms with Gasteiger partial charge in [-0.25, -0.2) is 9.78 Å². The number of aromatic nitrogens is 2. The van der Waals surface area contributed by atoms with Crippen LogP contribution < -0.4 is 5.90 Å². The summed E-state index contributed by atoms with van der Waals surface area (Å²) >= 11 is 0. The van der Waals surface area contributed by atoms with Crippen molar-refractivity contribution < 1.29 is 9.63 Å². The fourth-order valence-electron chi connectivity index (χ4n) is 2.01. The average Bonchev–Trinajstić information content (AvgIpc) is 2.90. The number of carbonyl (C=O) groups excluding carboxylic acids is 1. The molecule has 0 saturated heterocycles. The van der Waals surface area contributed by atoms with Crippen LogP contribution >= 0.6 is 0 Å².